The summed E-state index contributed by atoms with van der Waals surface area (Å²) in [6.45, 7) is 1.65. The SMILES string of the molecule is CC(=O)O[C@H]1[C@H](OCc2ccccc2)[C@@H](OCc2ccccc2)[C@@H](OC2CCCCC2)O[C@@H]1COC(=O)Nc1ccccc1. The molecule has 1 amide bonds. The van der Waals surface area contributed by atoms with Crippen LogP contribution in [0.2, 0.25) is 0 Å². The van der Waals surface area contributed by atoms with E-state index in [-0.39, 0.29) is 25.9 Å². The number of nitrogens with one attached hydrogen (secondary N) is 1. The van der Waals surface area contributed by atoms with Crippen molar-refractivity contribution in [1.82, 2.24) is 0 Å². The molecule has 0 unspecified atom stereocenters. The van der Waals surface area contributed by atoms with Gasteiger partial charge in [-0.15, -0.1) is 0 Å². The Balaban J connectivity index is 1.40. The summed E-state index contributed by atoms with van der Waals surface area (Å²) in [4.78, 5) is 25.1. The maximum absolute atomic E-state index is 12.7. The normalized spacial score (nSPS) is 23.9. The summed E-state index contributed by atoms with van der Waals surface area (Å²) in [5.41, 5.74) is 2.51. The highest BCUT2D eigenvalue weighted by molar-refractivity contribution is 5.84. The van der Waals surface area contributed by atoms with E-state index in [1.54, 1.807) is 12.1 Å². The minimum atomic E-state index is -0.937. The molecule has 0 bridgehead atoms. The summed E-state index contributed by atoms with van der Waals surface area (Å²) in [7, 11) is 0. The van der Waals surface area contributed by atoms with E-state index in [2.05, 4.69) is 5.32 Å². The molecule has 1 heterocycles. The smallest absolute Gasteiger partial charge is 0.411 e. The van der Waals surface area contributed by atoms with Crippen LogP contribution in [0.15, 0.2) is 91.0 Å². The van der Waals surface area contributed by atoms with Gasteiger partial charge in [0, 0.05) is 12.6 Å². The van der Waals surface area contributed by atoms with Crippen LogP contribution in [0, 0.1) is 0 Å². The molecule has 1 saturated heterocycles. The van der Waals surface area contributed by atoms with E-state index in [0.29, 0.717) is 5.69 Å². The number of hydrogen-bond acceptors (Lipinski definition) is 8. The number of esters is 1. The lowest BCUT2D eigenvalue weighted by Crippen LogP contribution is -2.62. The van der Waals surface area contributed by atoms with Crippen molar-refractivity contribution in [2.24, 2.45) is 0 Å². The van der Waals surface area contributed by atoms with Crippen LogP contribution >= 0.6 is 0 Å². The highest BCUT2D eigenvalue weighted by Crippen LogP contribution is 2.33. The molecule has 2 aliphatic rings. The Bertz CT molecular complexity index is 1290. The first-order valence-electron chi connectivity index (χ1n) is 15.3. The Labute approximate surface area is 258 Å². The molecule has 44 heavy (non-hydrogen) atoms. The van der Waals surface area contributed by atoms with Crippen LogP contribution in [0.3, 0.4) is 0 Å². The first kappa shape index (κ1) is 31.7. The Kier molecular flexibility index (Phi) is 11.8. The van der Waals surface area contributed by atoms with Gasteiger partial charge < -0.3 is 28.4 Å². The Morgan fingerprint density at radius 3 is 1.91 bits per heavy atom. The van der Waals surface area contributed by atoms with Crippen LogP contribution in [0.5, 0.6) is 0 Å². The third-order valence-electron chi connectivity index (χ3n) is 7.74. The zero-order valence-corrected chi connectivity index (χ0v) is 25.0. The quantitative estimate of drug-likeness (QED) is 0.237. The highest BCUT2D eigenvalue weighted by atomic mass is 16.7. The van der Waals surface area contributed by atoms with Gasteiger partial charge >= 0.3 is 12.1 Å². The van der Waals surface area contributed by atoms with E-state index in [9.17, 15) is 9.59 Å². The van der Waals surface area contributed by atoms with Gasteiger partial charge in [-0.05, 0) is 36.1 Å². The van der Waals surface area contributed by atoms with E-state index >= 15 is 0 Å². The topological polar surface area (TPSA) is 102 Å². The molecule has 3 aromatic rings. The molecule has 2 fully saturated rings. The average Bonchev–Trinajstić information content (AvgIpc) is 3.05. The van der Waals surface area contributed by atoms with Crippen LogP contribution in [-0.2, 0) is 46.4 Å². The van der Waals surface area contributed by atoms with Gasteiger partial charge in [-0.1, -0.05) is 98.1 Å². The van der Waals surface area contributed by atoms with Gasteiger partial charge in [0.15, 0.2) is 12.4 Å². The van der Waals surface area contributed by atoms with Crippen molar-refractivity contribution in [3.05, 3.63) is 102 Å². The van der Waals surface area contributed by atoms with Crippen LogP contribution < -0.4 is 5.32 Å². The monoisotopic (exact) mass is 603 g/mol. The summed E-state index contributed by atoms with van der Waals surface area (Å²) < 4.78 is 37.5. The lowest BCUT2D eigenvalue weighted by molar-refractivity contribution is -0.330. The molecule has 0 spiro atoms. The van der Waals surface area contributed by atoms with Crippen LogP contribution in [-0.4, -0.2) is 55.5 Å². The zero-order valence-electron chi connectivity index (χ0n) is 25.0. The number of carbonyl (C=O) groups excluding carboxylic acids is 2. The number of benzene rings is 3. The van der Waals surface area contributed by atoms with Crippen molar-refractivity contribution < 1.29 is 38.0 Å². The minimum Gasteiger partial charge on any atom is -0.457 e. The van der Waals surface area contributed by atoms with Gasteiger partial charge in [-0.3, -0.25) is 10.1 Å². The number of ether oxygens (including phenoxy) is 6. The van der Waals surface area contributed by atoms with Gasteiger partial charge in [0.1, 0.15) is 24.9 Å². The second-order valence-electron chi connectivity index (χ2n) is 11.1. The molecule has 5 atom stereocenters. The fourth-order valence-electron chi connectivity index (χ4n) is 5.58. The first-order chi connectivity index (χ1) is 21.5. The molecule has 9 nitrogen and oxygen atoms in total. The van der Waals surface area contributed by atoms with Crippen LogP contribution in [0.25, 0.3) is 0 Å². The summed E-state index contributed by atoms with van der Waals surface area (Å²) in [6.07, 6.45) is 0.296. The van der Waals surface area contributed by atoms with Crippen molar-refractivity contribution in [2.75, 3.05) is 11.9 Å². The van der Waals surface area contributed by atoms with Crippen molar-refractivity contribution in [1.29, 1.82) is 0 Å². The number of rotatable bonds is 12. The van der Waals surface area contributed by atoms with Gasteiger partial charge in [0.2, 0.25) is 0 Å². The Morgan fingerprint density at radius 1 is 0.750 bits per heavy atom. The molecule has 1 aliphatic heterocycles. The van der Waals surface area contributed by atoms with E-state index in [1.807, 2.05) is 78.9 Å². The van der Waals surface area contributed by atoms with E-state index in [4.69, 9.17) is 28.4 Å². The standard InChI is InChI=1S/C35H41NO8/c1-25(37)42-31-30(24-41-35(38)36-28-18-10-4-11-19-28)44-34(43-29-20-12-5-13-21-29)33(40-23-27-16-8-3-9-17-27)32(31)39-22-26-14-6-2-7-15-26/h2-4,6-11,14-19,29-34H,5,12-13,20-24H2,1H3,(H,36,38)/t30-,31-,32+,33-,34+/m1/s1. The second-order valence-corrected chi connectivity index (χ2v) is 11.1. The number of amides is 1. The molecule has 0 aromatic heterocycles. The summed E-state index contributed by atoms with van der Waals surface area (Å²) in [5.74, 6) is -0.515. The Morgan fingerprint density at radius 2 is 1.32 bits per heavy atom. The molecule has 234 valence electrons. The predicted molar refractivity (Wildman–Crippen MR) is 164 cm³/mol. The molecule has 1 aliphatic carbocycles. The predicted octanol–water partition coefficient (Wildman–Crippen LogP) is 6.41. The molecule has 0 radical (unpaired) electrons. The zero-order chi connectivity index (χ0) is 30.6. The number of para-hydroxylation sites is 1. The van der Waals surface area contributed by atoms with E-state index in [1.165, 1.54) is 13.3 Å². The van der Waals surface area contributed by atoms with Gasteiger partial charge in [-0.2, -0.15) is 0 Å². The van der Waals surface area contributed by atoms with Crippen molar-refractivity contribution in [2.45, 2.75) is 89.1 Å². The van der Waals surface area contributed by atoms with E-state index < -0.39 is 42.8 Å². The van der Waals surface area contributed by atoms with Crippen molar-refractivity contribution >= 4 is 17.7 Å². The van der Waals surface area contributed by atoms with E-state index in [0.717, 1.165) is 36.8 Å². The molecule has 1 saturated carbocycles. The lowest BCUT2D eigenvalue weighted by atomic mass is 9.96. The van der Waals surface area contributed by atoms with Crippen LogP contribution in [0.4, 0.5) is 10.5 Å². The summed E-state index contributed by atoms with van der Waals surface area (Å²) in [6, 6.07) is 28.5. The molecule has 9 heteroatoms. The van der Waals surface area contributed by atoms with Crippen LogP contribution in [0.1, 0.15) is 50.2 Å². The third-order valence-corrected chi connectivity index (χ3v) is 7.74. The third kappa shape index (κ3) is 9.37. The van der Waals surface area contributed by atoms with Crippen molar-refractivity contribution in [3.63, 3.8) is 0 Å². The second kappa shape index (κ2) is 16.4. The van der Waals surface area contributed by atoms with Gasteiger partial charge in [0.05, 0.1) is 19.3 Å². The molecule has 3 aromatic carbocycles. The van der Waals surface area contributed by atoms with Gasteiger partial charge in [-0.25, -0.2) is 4.79 Å². The lowest BCUT2D eigenvalue weighted by Gasteiger charge is -2.46. The largest absolute Gasteiger partial charge is 0.457 e. The molecule has 1 N–H and O–H groups in total. The maximum Gasteiger partial charge on any atom is 0.411 e. The highest BCUT2D eigenvalue weighted by Gasteiger charge is 2.51. The molecule has 5 rings (SSSR count). The van der Waals surface area contributed by atoms with Crippen molar-refractivity contribution in [3.8, 4) is 0 Å². The summed E-state index contributed by atoms with van der Waals surface area (Å²) >= 11 is 0. The number of anilines is 1. The Hall–Kier alpha value is -3.76. The fourth-order valence-corrected chi connectivity index (χ4v) is 5.58. The number of hydrogen-bond donors (Lipinski definition) is 1. The minimum absolute atomic E-state index is 0.0143. The summed E-state index contributed by atoms with van der Waals surface area (Å²) in [5, 5.41) is 2.71. The van der Waals surface area contributed by atoms with Gasteiger partial charge in [0.25, 0.3) is 0 Å². The molecular weight excluding hydrogens is 562 g/mol. The average molecular weight is 604 g/mol. The number of carbonyl (C=O) groups is 2. The maximum atomic E-state index is 12.7. The molecular formula is C35H41NO8. The fraction of sp³-hybridized carbons (Fsp3) is 0.429. The first-order valence-corrected chi connectivity index (χ1v) is 15.3.